The predicted octanol–water partition coefficient (Wildman–Crippen LogP) is 2.28. The van der Waals surface area contributed by atoms with Crippen LogP contribution in [0.5, 0.6) is 0 Å². The molecule has 0 radical (unpaired) electrons. The van der Waals surface area contributed by atoms with Gasteiger partial charge < -0.3 is 15.5 Å². The molecule has 2 aliphatic rings. The highest BCUT2D eigenvalue weighted by molar-refractivity contribution is 7.12. The van der Waals surface area contributed by atoms with Gasteiger partial charge in [-0.25, -0.2) is 0 Å². The van der Waals surface area contributed by atoms with Crippen LogP contribution < -0.4 is 5.73 Å². The van der Waals surface area contributed by atoms with E-state index >= 15 is 0 Å². The summed E-state index contributed by atoms with van der Waals surface area (Å²) in [5, 5.41) is 1.89. The van der Waals surface area contributed by atoms with Gasteiger partial charge in [-0.1, -0.05) is 0 Å². The van der Waals surface area contributed by atoms with Gasteiger partial charge in [0.05, 0.1) is 5.69 Å². The highest BCUT2D eigenvalue weighted by Gasteiger charge is 2.26. The molecule has 1 aromatic rings. The Labute approximate surface area is 124 Å². The van der Waals surface area contributed by atoms with Crippen LogP contribution in [0.2, 0.25) is 0 Å². The van der Waals surface area contributed by atoms with Gasteiger partial charge in [0.15, 0.2) is 0 Å². The number of likely N-dealkylation sites (tertiary alicyclic amines) is 2. The maximum Gasteiger partial charge on any atom is 0.266 e. The van der Waals surface area contributed by atoms with E-state index in [0.717, 1.165) is 31.8 Å². The zero-order chi connectivity index (χ0) is 13.9. The fraction of sp³-hybridized carbons (Fsp3) is 0.667. The maximum absolute atomic E-state index is 12.4. The Hall–Kier alpha value is -1.07. The largest absolute Gasteiger partial charge is 0.397 e. The Morgan fingerprint density at radius 3 is 2.55 bits per heavy atom. The molecule has 0 aliphatic carbocycles. The third-order valence-corrected chi connectivity index (χ3v) is 5.42. The minimum atomic E-state index is 0.122. The maximum atomic E-state index is 12.4. The second-order valence-corrected chi connectivity index (χ2v) is 6.86. The van der Waals surface area contributed by atoms with Gasteiger partial charge in [-0.2, -0.15) is 0 Å². The molecule has 2 N–H and O–H groups in total. The molecule has 4 nitrogen and oxygen atoms in total. The van der Waals surface area contributed by atoms with E-state index in [4.69, 9.17) is 5.73 Å². The van der Waals surface area contributed by atoms with Gasteiger partial charge in [-0.3, -0.25) is 4.79 Å². The molecule has 1 aromatic heterocycles. The number of carbonyl (C=O) groups excluding carboxylic acids is 1. The van der Waals surface area contributed by atoms with Crippen LogP contribution in [0.3, 0.4) is 0 Å². The van der Waals surface area contributed by atoms with E-state index in [0.29, 0.717) is 10.6 Å². The summed E-state index contributed by atoms with van der Waals surface area (Å²) in [5.41, 5.74) is 6.46. The van der Waals surface area contributed by atoms with Crippen molar-refractivity contribution in [2.45, 2.75) is 25.7 Å². The number of hydrogen-bond acceptors (Lipinski definition) is 4. The normalized spacial score (nSPS) is 21.5. The van der Waals surface area contributed by atoms with E-state index in [1.807, 2.05) is 16.3 Å². The first kappa shape index (κ1) is 13.9. The second-order valence-electron chi connectivity index (χ2n) is 5.95. The summed E-state index contributed by atoms with van der Waals surface area (Å²) in [7, 11) is 0. The van der Waals surface area contributed by atoms with Gasteiger partial charge in [-0.05, 0) is 56.1 Å². The number of thiophene rings is 1. The van der Waals surface area contributed by atoms with E-state index in [9.17, 15) is 4.79 Å². The number of nitrogens with zero attached hydrogens (tertiary/aromatic N) is 2. The topological polar surface area (TPSA) is 49.6 Å². The number of rotatable bonds is 3. The molecule has 2 saturated heterocycles. The summed E-state index contributed by atoms with van der Waals surface area (Å²) < 4.78 is 0. The molecule has 3 rings (SSSR count). The van der Waals surface area contributed by atoms with Crippen LogP contribution in [0.1, 0.15) is 35.4 Å². The lowest BCUT2D eigenvalue weighted by Gasteiger charge is -2.33. The quantitative estimate of drug-likeness (QED) is 0.930. The Bertz CT molecular complexity index is 459. The number of hydrogen-bond donors (Lipinski definition) is 1. The summed E-state index contributed by atoms with van der Waals surface area (Å²) in [6.45, 7) is 5.53. The van der Waals surface area contributed by atoms with Gasteiger partial charge in [0.1, 0.15) is 4.88 Å². The van der Waals surface area contributed by atoms with Gasteiger partial charge in [0, 0.05) is 19.6 Å². The predicted molar refractivity (Wildman–Crippen MR) is 83.0 cm³/mol. The van der Waals surface area contributed by atoms with Gasteiger partial charge in [0.2, 0.25) is 0 Å². The van der Waals surface area contributed by atoms with Crippen LogP contribution in [-0.2, 0) is 0 Å². The average Bonchev–Trinajstić information content (AvgIpc) is 3.10. The van der Waals surface area contributed by atoms with Crippen LogP contribution in [0.25, 0.3) is 0 Å². The molecule has 0 saturated carbocycles. The molecule has 5 heteroatoms. The molecule has 0 bridgehead atoms. The minimum Gasteiger partial charge on any atom is -0.397 e. The Balaban J connectivity index is 1.50. The van der Waals surface area contributed by atoms with Crippen molar-refractivity contribution in [1.29, 1.82) is 0 Å². The van der Waals surface area contributed by atoms with Crippen molar-refractivity contribution in [2.75, 3.05) is 38.5 Å². The van der Waals surface area contributed by atoms with Crippen LogP contribution in [-0.4, -0.2) is 48.4 Å². The fourth-order valence-corrected chi connectivity index (χ4v) is 4.07. The highest BCUT2D eigenvalue weighted by atomic mass is 32.1. The standard InChI is InChI=1S/C15H23N3OS/c16-13-5-10-20-14(13)15(19)18-8-3-12(4-9-18)11-17-6-1-2-7-17/h5,10,12H,1-4,6-9,11,16H2. The molecular weight excluding hydrogens is 270 g/mol. The number of anilines is 1. The molecule has 3 heterocycles. The van der Waals surface area contributed by atoms with Gasteiger partial charge in [0.25, 0.3) is 5.91 Å². The molecule has 20 heavy (non-hydrogen) atoms. The Morgan fingerprint density at radius 1 is 1.25 bits per heavy atom. The summed E-state index contributed by atoms with van der Waals surface area (Å²) in [6, 6.07) is 1.82. The van der Waals surface area contributed by atoms with Crippen LogP contribution >= 0.6 is 11.3 Å². The average molecular weight is 293 g/mol. The molecular formula is C15H23N3OS. The molecule has 2 fully saturated rings. The first-order valence-electron chi connectivity index (χ1n) is 7.58. The molecule has 110 valence electrons. The van der Waals surface area contributed by atoms with E-state index < -0.39 is 0 Å². The van der Waals surface area contributed by atoms with Crippen molar-refractivity contribution in [1.82, 2.24) is 9.80 Å². The van der Waals surface area contributed by atoms with Gasteiger partial charge in [-0.15, -0.1) is 11.3 Å². The molecule has 0 aromatic carbocycles. The van der Waals surface area contributed by atoms with Gasteiger partial charge >= 0.3 is 0 Å². The second kappa shape index (κ2) is 6.14. The van der Waals surface area contributed by atoms with E-state index in [1.165, 1.54) is 43.8 Å². The van der Waals surface area contributed by atoms with E-state index in [2.05, 4.69) is 4.90 Å². The SMILES string of the molecule is Nc1ccsc1C(=O)N1CCC(CN2CCCC2)CC1. The van der Waals surface area contributed by atoms with E-state index in [1.54, 1.807) is 0 Å². The molecule has 1 amide bonds. The van der Waals surface area contributed by atoms with Crippen molar-refractivity contribution in [2.24, 2.45) is 5.92 Å². The zero-order valence-electron chi connectivity index (χ0n) is 11.9. The van der Waals surface area contributed by atoms with Crippen LogP contribution in [0.4, 0.5) is 5.69 Å². The zero-order valence-corrected chi connectivity index (χ0v) is 12.7. The number of piperidine rings is 1. The summed E-state index contributed by atoms with van der Waals surface area (Å²) >= 11 is 1.45. The molecule has 0 unspecified atom stereocenters. The van der Waals surface area contributed by atoms with Crippen molar-refractivity contribution < 1.29 is 4.79 Å². The first-order valence-corrected chi connectivity index (χ1v) is 8.46. The highest BCUT2D eigenvalue weighted by Crippen LogP contribution is 2.25. The monoisotopic (exact) mass is 293 g/mol. The summed E-state index contributed by atoms with van der Waals surface area (Å²) in [4.78, 5) is 17.6. The van der Waals surface area contributed by atoms with Crippen LogP contribution in [0, 0.1) is 5.92 Å². The molecule has 2 aliphatic heterocycles. The number of nitrogens with two attached hydrogens (primary N) is 1. The third kappa shape index (κ3) is 2.99. The first-order chi connectivity index (χ1) is 9.74. The Morgan fingerprint density at radius 2 is 1.95 bits per heavy atom. The number of amides is 1. The molecule has 0 atom stereocenters. The number of nitrogen functional groups attached to an aromatic ring is 1. The third-order valence-electron chi connectivity index (χ3n) is 4.51. The fourth-order valence-electron chi connectivity index (χ4n) is 3.29. The van der Waals surface area contributed by atoms with Crippen molar-refractivity contribution in [3.8, 4) is 0 Å². The van der Waals surface area contributed by atoms with Crippen molar-refractivity contribution in [3.63, 3.8) is 0 Å². The lowest BCUT2D eigenvalue weighted by Crippen LogP contribution is -2.41. The van der Waals surface area contributed by atoms with E-state index in [-0.39, 0.29) is 5.91 Å². The number of carbonyl (C=O) groups is 1. The lowest BCUT2D eigenvalue weighted by atomic mass is 9.96. The van der Waals surface area contributed by atoms with Crippen LogP contribution in [0.15, 0.2) is 11.4 Å². The summed E-state index contributed by atoms with van der Waals surface area (Å²) in [5.74, 6) is 0.884. The lowest BCUT2D eigenvalue weighted by molar-refractivity contribution is 0.0679. The molecule has 0 spiro atoms. The summed E-state index contributed by atoms with van der Waals surface area (Å²) in [6.07, 6.45) is 4.98. The Kier molecular flexibility index (Phi) is 4.27. The smallest absolute Gasteiger partial charge is 0.266 e. The van der Waals surface area contributed by atoms with Crippen molar-refractivity contribution >= 4 is 22.9 Å². The van der Waals surface area contributed by atoms with Crippen molar-refractivity contribution in [3.05, 3.63) is 16.3 Å². The minimum absolute atomic E-state index is 0.122.